The highest BCUT2D eigenvalue weighted by atomic mass is 16.5. The van der Waals surface area contributed by atoms with E-state index in [2.05, 4.69) is 0 Å². The molecule has 2 aromatic carbocycles. The minimum Gasteiger partial charge on any atom is -0.497 e. The van der Waals surface area contributed by atoms with Crippen LogP contribution in [0.15, 0.2) is 36.4 Å². The summed E-state index contributed by atoms with van der Waals surface area (Å²) in [4.78, 5) is 0. The number of ether oxygens (including phenoxy) is 3. The van der Waals surface area contributed by atoms with Crippen molar-refractivity contribution >= 4 is 24.7 Å². The second-order valence-corrected chi connectivity index (χ2v) is 4.82. The Labute approximate surface area is 135 Å². The van der Waals surface area contributed by atoms with Crippen LogP contribution in [0.3, 0.4) is 0 Å². The maximum atomic E-state index is 9.39. The molecule has 0 unspecified atom stereocenters. The molecule has 0 saturated carbocycles. The molecular formula is C17H19BO5. The van der Waals surface area contributed by atoms with E-state index in [0.717, 1.165) is 11.1 Å². The molecule has 0 aliphatic carbocycles. The lowest BCUT2D eigenvalue weighted by Crippen LogP contribution is -2.31. The smallest absolute Gasteiger partial charge is 0.492 e. The largest absolute Gasteiger partial charge is 0.497 e. The van der Waals surface area contributed by atoms with Crippen molar-refractivity contribution in [1.29, 1.82) is 0 Å². The summed E-state index contributed by atoms with van der Waals surface area (Å²) >= 11 is 0. The van der Waals surface area contributed by atoms with E-state index in [9.17, 15) is 10.0 Å². The second kappa shape index (κ2) is 7.71. The fraction of sp³-hybridized carbons (Fsp3) is 0.176. The predicted molar refractivity (Wildman–Crippen MR) is 91.3 cm³/mol. The zero-order chi connectivity index (χ0) is 16.8. The van der Waals surface area contributed by atoms with Gasteiger partial charge in [0.1, 0.15) is 5.75 Å². The molecule has 2 N–H and O–H groups in total. The van der Waals surface area contributed by atoms with Gasteiger partial charge in [0.05, 0.1) is 21.3 Å². The van der Waals surface area contributed by atoms with Crippen LogP contribution in [0.5, 0.6) is 17.2 Å². The summed E-state index contributed by atoms with van der Waals surface area (Å²) in [7, 11) is 3.08. The summed E-state index contributed by atoms with van der Waals surface area (Å²) in [5, 5.41) is 18.8. The number of rotatable bonds is 6. The summed E-state index contributed by atoms with van der Waals surface area (Å²) in [6.45, 7) is 0. The van der Waals surface area contributed by atoms with Crippen LogP contribution >= 0.6 is 0 Å². The van der Waals surface area contributed by atoms with Gasteiger partial charge in [0, 0.05) is 5.46 Å². The Morgan fingerprint density at radius 3 is 1.78 bits per heavy atom. The first-order valence-corrected chi connectivity index (χ1v) is 7.03. The van der Waals surface area contributed by atoms with E-state index in [-0.39, 0.29) is 0 Å². The first-order chi connectivity index (χ1) is 11.1. The zero-order valence-corrected chi connectivity index (χ0v) is 13.3. The number of methoxy groups -OCH3 is 3. The summed E-state index contributed by atoms with van der Waals surface area (Å²) in [5.74, 6) is 1.75. The first-order valence-electron chi connectivity index (χ1n) is 7.03. The van der Waals surface area contributed by atoms with Crippen LogP contribution in [0, 0.1) is 0 Å². The average molecular weight is 314 g/mol. The van der Waals surface area contributed by atoms with Gasteiger partial charge in [0.25, 0.3) is 0 Å². The molecule has 120 valence electrons. The molecule has 23 heavy (non-hydrogen) atoms. The van der Waals surface area contributed by atoms with Gasteiger partial charge in [-0.15, -0.1) is 0 Å². The van der Waals surface area contributed by atoms with E-state index in [4.69, 9.17) is 14.2 Å². The molecule has 0 aliphatic heterocycles. The van der Waals surface area contributed by atoms with Gasteiger partial charge in [-0.25, -0.2) is 0 Å². The highest BCUT2D eigenvalue weighted by Crippen LogP contribution is 2.28. The molecule has 6 heteroatoms. The van der Waals surface area contributed by atoms with E-state index in [0.29, 0.717) is 22.7 Å². The van der Waals surface area contributed by atoms with Gasteiger partial charge in [0.15, 0.2) is 11.5 Å². The summed E-state index contributed by atoms with van der Waals surface area (Å²) in [5.41, 5.74) is 2.08. The predicted octanol–water partition coefficient (Wildman–Crippen LogP) is 1.56. The highest BCUT2D eigenvalue weighted by Gasteiger charge is 2.16. The fourth-order valence-electron chi connectivity index (χ4n) is 2.21. The van der Waals surface area contributed by atoms with Crippen molar-refractivity contribution in [2.75, 3.05) is 21.3 Å². The van der Waals surface area contributed by atoms with Crippen molar-refractivity contribution in [3.8, 4) is 17.2 Å². The molecule has 0 fully saturated rings. The Morgan fingerprint density at radius 1 is 0.739 bits per heavy atom. The molecule has 0 heterocycles. The lowest BCUT2D eigenvalue weighted by molar-refractivity contribution is 0.355. The normalized spacial score (nSPS) is 10.7. The standard InChI is InChI=1S/C17H19BO5/c1-21-15-8-6-12(10-14(15)18(19)20)4-5-13-7-9-16(22-2)17(11-13)23-3/h4-11,19-20H,1-3H3/b5-4+. The van der Waals surface area contributed by atoms with Crippen LogP contribution in [-0.2, 0) is 0 Å². The van der Waals surface area contributed by atoms with Gasteiger partial charge < -0.3 is 24.3 Å². The Kier molecular flexibility index (Phi) is 5.68. The molecule has 0 aliphatic rings. The molecule has 0 atom stereocenters. The highest BCUT2D eigenvalue weighted by molar-refractivity contribution is 6.59. The Balaban J connectivity index is 2.28. The summed E-state index contributed by atoms with van der Waals surface area (Å²) in [6, 6.07) is 10.8. The van der Waals surface area contributed by atoms with E-state index in [1.165, 1.54) is 7.11 Å². The SMILES string of the molecule is COc1ccc(/C=C/c2ccc(OC)c(B(O)O)c2)cc1OC. The van der Waals surface area contributed by atoms with Crippen molar-refractivity contribution in [3.05, 3.63) is 47.5 Å². The topological polar surface area (TPSA) is 68.2 Å². The monoisotopic (exact) mass is 314 g/mol. The molecule has 0 amide bonds. The van der Waals surface area contributed by atoms with Gasteiger partial charge >= 0.3 is 7.12 Å². The van der Waals surface area contributed by atoms with Crippen molar-refractivity contribution in [1.82, 2.24) is 0 Å². The minimum absolute atomic E-state index is 0.321. The van der Waals surface area contributed by atoms with Crippen molar-refractivity contribution in [2.45, 2.75) is 0 Å². The van der Waals surface area contributed by atoms with Gasteiger partial charge in [-0.3, -0.25) is 0 Å². The van der Waals surface area contributed by atoms with E-state index < -0.39 is 7.12 Å². The van der Waals surface area contributed by atoms with E-state index in [1.54, 1.807) is 26.4 Å². The van der Waals surface area contributed by atoms with Crippen LogP contribution in [0.1, 0.15) is 11.1 Å². The molecular weight excluding hydrogens is 295 g/mol. The van der Waals surface area contributed by atoms with Crippen LogP contribution in [0.2, 0.25) is 0 Å². The Hall–Kier alpha value is -2.44. The lowest BCUT2D eigenvalue weighted by Gasteiger charge is -2.09. The third kappa shape index (κ3) is 4.06. The van der Waals surface area contributed by atoms with Crippen LogP contribution in [0.4, 0.5) is 0 Å². The molecule has 5 nitrogen and oxygen atoms in total. The van der Waals surface area contributed by atoms with Gasteiger partial charge in [-0.2, -0.15) is 0 Å². The van der Waals surface area contributed by atoms with Gasteiger partial charge in [-0.1, -0.05) is 30.4 Å². The average Bonchev–Trinajstić information content (AvgIpc) is 2.59. The van der Waals surface area contributed by atoms with Gasteiger partial charge in [0.2, 0.25) is 0 Å². The van der Waals surface area contributed by atoms with E-state index >= 15 is 0 Å². The Morgan fingerprint density at radius 2 is 1.26 bits per heavy atom. The Bertz CT molecular complexity index is 697. The quantitative estimate of drug-likeness (QED) is 0.626. The van der Waals surface area contributed by atoms with Crippen molar-refractivity contribution in [3.63, 3.8) is 0 Å². The van der Waals surface area contributed by atoms with Crippen LogP contribution < -0.4 is 19.7 Å². The number of hydrogen-bond acceptors (Lipinski definition) is 5. The van der Waals surface area contributed by atoms with Crippen molar-refractivity contribution < 1.29 is 24.3 Å². The second-order valence-electron chi connectivity index (χ2n) is 4.82. The van der Waals surface area contributed by atoms with Gasteiger partial charge in [-0.05, 0) is 29.3 Å². The molecule has 0 bridgehead atoms. The molecule has 0 spiro atoms. The summed E-state index contributed by atoms with van der Waals surface area (Å²) < 4.78 is 15.6. The zero-order valence-electron chi connectivity index (χ0n) is 13.3. The minimum atomic E-state index is -1.58. The first kappa shape index (κ1) is 16.9. The van der Waals surface area contributed by atoms with Crippen molar-refractivity contribution in [2.24, 2.45) is 0 Å². The molecule has 2 aromatic rings. The number of benzene rings is 2. The molecule has 0 radical (unpaired) electrons. The molecule has 0 saturated heterocycles. The maximum Gasteiger partial charge on any atom is 0.492 e. The third-order valence-corrected chi connectivity index (χ3v) is 3.41. The fourth-order valence-corrected chi connectivity index (χ4v) is 2.21. The lowest BCUT2D eigenvalue weighted by atomic mass is 9.78. The van der Waals surface area contributed by atoms with Crippen LogP contribution in [0.25, 0.3) is 12.2 Å². The molecule has 2 rings (SSSR count). The molecule has 0 aromatic heterocycles. The van der Waals surface area contributed by atoms with Crippen LogP contribution in [-0.4, -0.2) is 38.5 Å². The summed E-state index contributed by atoms with van der Waals surface area (Å²) in [6.07, 6.45) is 3.77. The van der Waals surface area contributed by atoms with E-state index in [1.807, 2.05) is 36.4 Å². The maximum absolute atomic E-state index is 9.39. The third-order valence-electron chi connectivity index (χ3n) is 3.41. The number of hydrogen-bond donors (Lipinski definition) is 2.